The molecule has 0 saturated carbocycles. The Morgan fingerprint density at radius 3 is 2.72 bits per heavy atom. The van der Waals surface area contributed by atoms with Crippen LogP contribution in [0, 0.1) is 5.92 Å². The molecule has 1 N–H and O–H groups in total. The third-order valence-corrected chi connectivity index (χ3v) is 4.25. The Morgan fingerprint density at radius 1 is 1.24 bits per heavy atom. The zero-order chi connectivity index (χ0) is 17.6. The molecule has 1 amide bonds. The second kappa shape index (κ2) is 7.88. The number of hydrogen-bond donors (Lipinski definition) is 1. The quantitative estimate of drug-likeness (QED) is 0.849. The Hall–Kier alpha value is -2.76. The molecule has 1 aliphatic rings. The summed E-state index contributed by atoms with van der Waals surface area (Å²) in [5.74, 6) is 1.62. The van der Waals surface area contributed by atoms with Crippen LogP contribution in [0.25, 0.3) is 11.4 Å². The Bertz CT molecular complexity index is 758. The van der Waals surface area contributed by atoms with Gasteiger partial charge >= 0.3 is 0 Å². The van der Waals surface area contributed by atoms with Gasteiger partial charge in [-0.2, -0.15) is 0 Å². The van der Waals surface area contributed by atoms with Gasteiger partial charge in [0.05, 0.1) is 12.2 Å². The Balaban J connectivity index is 1.77. The van der Waals surface area contributed by atoms with Crippen LogP contribution < -0.4 is 10.2 Å². The molecule has 0 bridgehead atoms. The van der Waals surface area contributed by atoms with Gasteiger partial charge < -0.3 is 10.2 Å². The molecule has 0 unspecified atom stereocenters. The van der Waals surface area contributed by atoms with Crippen molar-refractivity contribution < 1.29 is 4.79 Å². The van der Waals surface area contributed by atoms with Crippen LogP contribution in [0.15, 0.2) is 42.7 Å². The number of nitrogens with one attached hydrogen (secondary N) is 1. The van der Waals surface area contributed by atoms with Gasteiger partial charge in [0.2, 0.25) is 5.91 Å². The second-order valence-corrected chi connectivity index (χ2v) is 6.37. The molecule has 130 valence electrons. The predicted octanol–water partition coefficient (Wildman–Crippen LogP) is 2.58. The lowest BCUT2D eigenvalue weighted by molar-refractivity contribution is -0.125. The number of nitrogens with zero attached hydrogens (tertiary/aromatic N) is 4. The maximum Gasteiger partial charge on any atom is 0.223 e. The van der Waals surface area contributed by atoms with Crippen LogP contribution in [0.1, 0.15) is 25.0 Å². The van der Waals surface area contributed by atoms with Crippen molar-refractivity contribution in [3.8, 4) is 11.4 Å². The Labute approximate surface area is 148 Å². The SMILES string of the molecule is CN(C)c1cc(CNC(=O)[C@@H]2CC=CCC2)nc(-c2ccncc2)n1. The van der Waals surface area contributed by atoms with Gasteiger partial charge in [0.1, 0.15) is 5.82 Å². The third-order valence-electron chi connectivity index (χ3n) is 4.25. The van der Waals surface area contributed by atoms with E-state index in [1.807, 2.05) is 37.2 Å². The molecule has 25 heavy (non-hydrogen) atoms. The van der Waals surface area contributed by atoms with Crippen molar-refractivity contribution in [2.45, 2.75) is 25.8 Å². The highest BCUT2D eigenvalue weighted by atomic mass is 16.1. The van der Waals surface area contributed by atoms with E-state index in [-0.39, 0.29) is 11.8 Å². The highest BCUT2D eigenvalue weighted by Crippen LogP contribution is 2.20. The summed E-state index contributed by atoms with van der Waals surface area (Å²) in [6.45, 7) is 0.403. The minimum absolute atomic E-state index is 0.0693. The van der Waals surface area contributed by atoms with Crippen molar-refractivity contribution in [2.75, 3.05) is 19.0 Å². The zero-order valence-electron chi connectivity index (χ0n) is 14.6. The van der Waals surface area contributed by atoms with Crippen LogP contribution >= 0.6 is 0 Å². The number of pyridine rings is 1. The second-order valence-electron chi connectivity index (χ2n) is 6.37. The normalized spacial score (nSPS) is 16.5. The molecule has 1 aliphatic carbocycles. The summed E-state index contributed by atoms with van der Waals surface area (Å²) in [6, 6.07) is 5.67. The minimum atomic E-state index is 0.0693. The first-order valence-corrected chi connectivity index (χ1v) is 8.52. The first-order chi connectivity index (χ1) is 12.1. The van der Waals surface area contributed by atoms with Crippen LogP contribution in [0.5, 0.6) is 0 Å². The van der Waals surface area contributed by atoms with Gasteiger partial charge in [-0.1, -0.05) is 12.2 Å². The molecule has 0 radical (unpaired) electrons. The average molecular weight is 337 g/mol. The van der Waals surface area contributed by atoms with Crippen LogP contribution in [-0.4, -0.2) is 35.0 Å². The summed E-state index contributed by atoms with van der Waals surface area (Å²) in [5, 5.41) is 3.02. The predicted molar refractivity (Wildman–Crippen MR) is 97.9 cm³/mol. The van der Waals surface area contributed by atoms with Gasteiger partial charge in [-0.3, -0.25) is 9.78 Å². The molecule has 0 aromatic carbocycles. The lowest BCUT2D eigenvalue weighted by atomic mass is 9.94. The summed E-state index contributed by atoms with van der Waals surface area (Å²) >= 11 is 0. The molecule has 0 saturated heterocycles. The van der Waals surface area contributed by atoms with E-state index in [1.165, 1.54) is 0 Å². The number of allylic oxidation sites excluding steroid dienone is 2. The number of carbonyl (C=O) groups excluding carboxylic acids is 1. The van der Waals surface area contributed by atoms with Crippen molar-refractivity contribution in [3.05, 3.63) is 48.4 Å². The van der Waals surface area contributed by atoms with Gasteiger partial charge in [0.15, 0.2) is 5.82 Å². The highest BCUT2D eigenvalue weighted by molar-refractivity contribution is 5.79. The molecule has 2 aromatic rings. The number of rotatable bonds is 5. The van der Waals surface area contributed by atoms with Gasteiger partial charge in [0, 0.05) is 44.0 Å². The number of carbonyl (C=O) groups is 1. The number of aromatic nitrogens is 3. The topological polar surface area (TPSA) is 71.0 Å². The summed E-state index contributed by atoms with van der Waals surface area (Å²) in [6.07, 6.45) is 10.4. The molecule has 6 nitrogen and oxygen atoms in total. The zero-order valence-corrected chi connectivity index (χ0v) is 14.6. The standard InChI is InChI=1S/C19H23N5O/c1-24(2)17-12-16(13-21-19(25)15-6-4-3-5-7-15)22-18(23-17)14-8-10-20-11-9-14/h3-4,8-12,15H,5-7,13H2,1-2H3,(H,21,25)/t15-/m1/s1. The van der Waals surface area contributed by atoms with E-state index in [0.29, 0.717) is 12.4 Å². The van der Waals surface area contributed by atoms with Gasteiger partial charge in [-0.05, 0) is 31.4 Å². The van der Waals surface area contributed by atoms with Gasteiger partial charge in [-0.25, -0.2) is 9.97 Å². The number of amides is 1. The van der Waals surface area contributed by atoms with E-state index in [4.69, 9.17) is 0 Å². The summed E-state index contributed by atoms with van der Waals surface area (Å²) in [7, 11) is 3.88. The van der Waals surface area contributed by atoms with Gasteiger partial charge in [0.25, 0.3) is 0 Å². The molecule has 3 rings (SSSR count). The van der Waals surface area contributed by atoms with Crippen molar-refractivity contribution >= 4 is 11.7 Å². The fourth-order valence-electron chi connectivity index (χ4n) is 2.79. The largest absolute Gasteiger partial charge is 0.363 e. The maximum atomic E-state index is 12.3. The number of hydrogen-bond acceptors (Lipinski definition) is 5. The Morgan fingerprint density at radius 2 is 2.04 bits per heavy atom. The molecular formula is C19H23N5O. The van der Waals surface area contributed by atoms with Crippen molar-refractivity contribution in [1.82, 2.24) is 20.3 Å². The summed E-state index contributed by atoms with van der Waals surface area (Å²) in [5.41, 5.74) is 1.70. The number of anilines is 1. The Kier molecular flexibility index (Phi) is 5.38. The lowest BCUT2D eigenvalue weighted by Crippen LogP contribution is -2.31. The van der Waals surface area contributed by atoms with Crippen molar-refractivity contribution in [2.24, 2.45) is 5.92 Å². The monoisotopic (exact) mass is 337 g/mol. The van der Waals surface area contributed by atoms with E-state index in [2.05, 4.69) is 32.4 Å². The molecular weight excluding hydrogens is 314 g/mol. The lowest BCUT2D eigenvalue weighted by Gasteiger charge is -2.18. The fourth-order valence-corrected chi connectivity index (χ4v) is 2.79. The van der Waals surface area contributed by atoms with Gasteiger partial charge in [-0.15, -0.1) is 0 Å². The first kappa shape index (κ1) is 17.1. The van der Waals surface area contributed by atoms with E-state index in [9.17, 15) is 4.79 Å². The van der Waals surface area contributed by atoms with Crippen molar-refractivity contribution in [1.29, 1.82) is 0 Å². The molecule has 0 aliphatic heterocycles. The fraction of sp³-hybridized carbons (Fsp3) is 0.368. The summed E-state index contributed by atoms with van der Waals surface area (Å²) < 4.78 is 0. The van der Waals surface area contributed by atoms with E-state index in [1.54, 1.807) is 12.4 Å². The molecule has 1 atom stereocenters. The minimum Gasteiger partial charge on any atom is -0.363 e. The molecule has 0 fully saturated rings. The third kappa shape index (κ3) is 4.41. The van der Waals surface area contributed by atoms with Crippen LogP contribution in [-0.2, 0) is 11.3 Å². The van der Waals surface area contributed by atoms with Crippen LogP contribution in [0.2, 0.25) is 0 Å². The average Bonchev–Trinajstić information content (AvgIpc) is 2.67. The van der Waals surface area contributed by atoms with Crippen LogP contribution in [0.4, 0.5) is 5.82 Å². The first-order valence-electron chi connectivity index (χ1n) is 8.52. The highest BCUT2D eigenvalue weighted by Gasteiger charge is 2.18. The van der Waals surface area contributed by atoms with Crippen LogP contribution in [0.3, 0.4) is 0 Å². The molecule has 6 heteroatoms. The molecule has 0 spiro atoms. The summed E-state index contributed by atoms with van der Waals surface area (Å²) in [4.78, 5) is 27.5. The van der Waals surface area contributed by atoms with E-state index in [0.717, 1.165) is 36.3 Å². The smallest absolute Gasteiger partial charge is 0.223 e. The molecule has 2 heterocycles. The van der Waals surface area contributed by atoms with E-state index < -0.39 is 0 Å². The van der Waals surface area contributed by atoms with Crippen molar-refractivity contribution in [3.63, 3.8) is 0 Å². The molecule has 2 aromatic heterocycles. The maximum absolute atomic E-state index is 12.3. The van der Waals surface area contributed by atoms with E-state index >= 15 is 0 Å².